The fourth-order valence-electron chi connectivity index (χ4n) is 3.26. The van der Waals surface area contributed by atoms with Crippen molar-refractivity contribution in [1.82, 2.24) is 14.6 Å². The topological polar surface area (TPSA) is 84.2 Å². The molecule has 4 rings (SSSR count). The number of halogens is 3. The van der Waals surface area contributed by atoms with Crippen LogP contribution in [0.4, 0.5) is 13.2 Å². The van der Waals surface area contributed by atoms with E-state index in [9.17, 15) is 18.0 Å². The van der Waals surface area contributed by atoms with Crippen molar-refractivity contribution in [2.24, 2.45) is 0 Å². The zero-order valence-electron chi connectivity index (χ0n) is 18.2. The second-order valence-corrected chi connectivity index (χ2v) is 6.95. The smallest absolute Gasteiger partial charge is 0.433 e. The molecule has 0 saturated heterocycles. The van der Waals surface area contributed by atoms with Gasteiger partial charge in [-0.05, 0) is 48.5 Å². The molecule has 0 atom stereocenters. The van der Waals surface area contributed by atoms with E-state index < -0.39 is 17.8 Å². The van der Waals surface area contributed by atoms with Crippen LogP contribution in [0, 0.1) is 0 Å². The lowest BCUT2D eigenvalue weighted by Crippen LogP contribution is -2.15. The van der Waals surface area contributed by atoms with Gasteiger partial charge in [-0.15, -0.1) is 0 Å². The van der Waals surface area contributed by atoms with Crippen LogP contribution < -0.4 is 18.9 Å². The molecule has 0 fully saturated rings. The highest BCUT2D eigenvalue weighted by molar-refractivity contribution is 5.97. The van der Waals surface area contributed by atoms with Gasteiger partial charge in [0.2, 0.25) is 0 Å². The molecule has 0 spiro atoms. The Morgan fingerprint density at radius 3 is 2.18 bits per heavy atom. The maximum atomic E-state index is 13.8. The molecule has 2 heterocycles. The van der Waals surface area contributed by atoms with Crippen molar-refractivity contribution >= 4 is 11.6 Å². The van der Waals surface area contributed by atoms with Crippen molar-refractivity contribution in [1.29, 1.82) is 0 Å². The molecule has 34 heavy (non-hydrogen) atoms. The van der Waals surface area contributed by atoms with Crippen LogP contribution in [0.5, 0.6) is 23.0 Å². The van der Waals surface area contributed by atoms with Gasteiger partial charge in [0.05, 0.1) is 33.2 Å². The number of fused-ring (bicyclic) bond motifs is 1. The predicted octanol–water partition coefficient (Wildman–Crippen LogP) is 4.66. The average molecular weight is 473 g/mol. The quantitative estimate of drug-likeness (QED) is 0.298. The van der Waals surface area contributed by atoms with E-state index in [0.29, 0.717) is 27.3 Å². The molecule has 0 aliphatic rings. The van der Waals surface area contributed by atoms with Gasteiger partial charge in [0, 0.05) is 5.56 Å². The molecular weight excluding hydrogens is 455 g/mol. The summed E-state index contributed by atoms with van der Waals surface area (Å²) in [6.07, 6.45) is -3.78. The first-order chi connectivity index (χ1) is 16.2. The number of methoxy groups -OCH3 is 3. The Labute approximate surface area is 191 Å². The van der Waals surface area contributed by atoms with Gasteiger partial charge in [-0.25, -0.2) is 14.3 Å². The van der Waals surface area contributed by atoms with Crippen molar-refractivity contribution in [3.05, 3.63) is 66.0 Å². The third kappa shape index (κ3) is 4.32. The summed E-state index contributed by atoms with van der Waals surface area (Å²) in [5, 5.41) is 3.74. The maximum absolute atomic E-state index is 13.8. The van der Waals surface area contributed by atoms with Crippen molar-refractivity contribution in [3.63, 3.8) is 0 Å². The third-order valence-corrected chi connectivity index (χ3v) is 4.93. The van der Waals surface area contributed by atoms with Crippen molar-refractivity contribution < 1.29 is 36.9 Å². The number of rotatable bonds is 6. The number of carbonyl (C=O) groups is 1. The van der Waals surface area contributed by atoms with Crippen molar-refractivity contribution in [3.8, 4) is 34.3 Å². The number of nitrogens with zero attached hydrogens (tertiary/aromatic N) is 3. The molecular formula is C23H18F3N3O5. The zero-order valence-corrected chi connectivity index (χ0v) is 18.2. The number of benzene rings is 2. The van der Waals surface area contributed by atoms with Crippen LogP contribution >= 0.6 is 0 Å². The SMILES string of the molecule is COc1ccc(OC(=O)c2cnn3c(C(F)(F)F)cc(-c4ccc(OC)c(OC)c4)nc23)cc1. The van der Waals surface area contributed by atoms with Gasteiger partial charge in [-0.3, -0.25) is 0 Å². The number of hydrogen-bond acceptors (Lipinski definition) is 7. The standard InChI is InChI=1S/C23H18F3N3O5/c1-31-14-5-7-15(8-6-14)34-22(30)16-12-27-29-20(23(24,25)26)11-17(28-21(16)29)13-4-9-18(32-2)19(10-13)33-3/h4-12H,1-3H3. The minimum Gasteiger partial charge on any atom is -0.497 e. The van der Waals surface area contributed by atoms with Gasteiger partial charge in [0.25, 0.3) is 0 Å². The van der Waals surface area contributed by atoms with Crippen LogP contribution in [0.15, 0.2) is 54.7 Å². The van der Waals surface area contributed by atoms with Gasteiger partial charge < -0.3 is 18.9 Å². The van der Waals surface area contributed by atoms with Gasteiger partial charge in [-0.1, -0.05) is 0 Å². The number of carbonyl (C=O) groups excluding carboxylic acids is 1. The second kappa shape index (κ2) is 8.93. The average Bonchev–Trinajstić information content (AvgIpc) is 3.27. The highest BCUT2D eigenvalue weighted by Crippen LogP contribution is 2.36. The molecule has 8 nitrogen and oxygen atoms in total. The monoisotopic (exact) mass is 473 g/mol. The Morgan fingerprint density at radius 1 is 0.882 bits per heavy atom. The largest absolute Gasteiger partial charge is 0.497 e. The van der Waals surface area contributed by atoms with Crippen molar-refractivity contribution in [2.45, 2.75) is 6.18 Å². The van der Waals surface area contributed by atoms with E-state index in [1.807, 2.05) is 0 Å². The molecule has 0 amide bonds. The fraction of sp³-hybridized carbons (Fsp3) is 0.174. The first kappa shape index (κ1) is 22.9. The predicted molar refractivity (Wildman–Crippen MR) is 114 cm³/mol. The summed E-state index contributed by atoms with van der Waals surface area (Å²) in [5.41, 5.74) is -1.37. The van der Waals surface area contributed by atoms with Gasteiger partial charge >= 0.3 is 12.1 Å². The molecule has 0 bridgehead atoms. The van der Waals surface area contributed by atoms with Crippen molar-refractivity contribution in [2.75, 3.05) is 21.3 Å². The number of alkyl halides is 3. The summed E-state index contributed by atoms with van der Waals surface area (Å²) < 4.78 is 62.9. The molecule has 2 aromatic heterocycles. The molecule has 0 aliphatic carbocycles. The van der Waals surface area contributed by atoms with E-state index in [0.717, 1.165) is 12.3 Å². The summed E-state index contributed by atoms with van der Waals surface area (Å²) >= 11 is 0. The normalized spacial score (nSPS) is 11.4. The molecule has 0 unspecified atom stereocenters. The minimum absolute atomic E-state index is 0.0419. The third-order valence-electron chi connectivity index (χ3n) is 4.93. The molecule has 2 aromatic carbocycles. The van der Waals surface area contributed by atoms with Crippen LogP contribution in [0.25, 0.3) is 16.9 Å². The Hall–Kier alpha value is -4.28. The lowest BCUT2D eigenvalue weighted by molar-refractivity contribution is -0.142. The van der Waals surface area contributed by atoms with Crippen LogP contribution in [-0.2, 0) is 6.18 Å². The van der Waals surface area contributed by atoms with E-state index in [-0.39, 0.29) is 22.7 Å². The van der Waals surface area contributed by atoms with Crippen LogP contribution in [0.2, 0.25) is 0 Å². The molecule has 11 heteroatoms. The molecule has 0 radical (unpaired) electrons. The Morgan fingerprint density at radius 2 is 1.56 bits per heavy atom. The van der Waals surface area contributed by atoms with Crippen LogP contribution in [0.1, 0.15) is 16.1 Å². The molecule has 176 valence electrons. The summed E-state index contributed by atoms with van der Waals surface area (Å²) in [7, 11) is 4.33. The number of esters is 1. The fourth-order valence-corrected chi connectivity index (χ4v) is 3.26. The highest BCUT2D eigenvalue weighted by Gasteiger charge is 2.36. The summed E-state index contributed by atoms with van der Waals surface area (Å²) in [5.74, 6) is 0.522. The zero-order chi connectivity index (χ0) is 24.5. The number of hydrogen-bond donors (Lipinski definition) is 0. The molecule has 0 aliphatic heterocycles. The first-order valence-electron chi connectivity index (χ1n) is 9.79. The minimum atomic E-state index is -4.77. The van der Waals surface area contributed by atoms with Crippen LogP contribution in [0.3, 0.4) is 0 Å². The highest BCUT2D eigenvalue weighted by atomic mass is 19.4. The Bertz CT molecular complexity index is 1350. The number of aromatic nitrogens is 3. The van der Waals surface area contributed by atoms with Crippen LogP contribution in [-0.4, -0.2) is 41.9 Å². The van der Waals surface area contributed by atoms with Gasteiger partial charge in [0.15, 0.2) is 22.8 Å². The van der Waals surface area contributed by atoms with Gasteiger partial charge in [-0.2, -0.15) is 18.3 Å². The van der Waals surface area contributed by atoms with E-state index in [1.165, 1.54) is 45.6 Å². The summed E-state index contributed by atoms with van der Waals surface area (Å²) in [6.45, 7) is 0. The lowest BCUT2D eigenvalue weighted by atomic mass is 10.1. The van der Waals surface area contributed by atoms with Gasteiger partial charge in [0.1, 0.15) is 17.1 Å². The lowest BCUT2D eigenvalue weighted by Gasteiger charge is -2.13. The molecule has 0 N–H and O–H groups in total. The van der Waals surface area contributed by atoms with E-state index >= 15 is 0 Å². The van der Waals surface area contributed by atoms with E-state index in [4.69, 9.17) is 18.9 Å². The number of ether oxygens (including phenoxy) is 4. The maximum Gasteiger partial charge on any atom is 0.433 e. The Balaban J connectivity index is 1.81. The first-order valence-corrected chi connectivity index (χ1v) is 9.79. The molecule has 0 saturated carbocycles. The van der Waals surface area contributed by atoms with E-state index in [1.54, 1.807) is 18.2 Å². The Kier molecular flexibility index (Phi) is 6.01. The summed E-state index contributed by atoms with van der Waals surface area (Å²) in [4.78, 5) is 17.1. The van der Waals surface area contributed by atoms with E-state index in [2.05, 4.69) is 10.1 Å². The summed E-state index contributed by atoms with van der Waals surface area (Å²) in [6, 6.07) is 11.6. The second-order valence-electron chi connectivity index (χ2n) is 6.95. The molecule has 4 aromatic rings.